The van der Waals surface area contributed by atoms with Gasteiger partial charge in [0.05, 0.1) is 11.4 Å². The van der Waals surface area contributed by atoms with Crippen molar-refractivity contribution in [1.29, 1.82) is 0 Å². The molecular formula is C15H25N5O2S. The topological polar surface area (TPSA) is 92.7 Å². The number of hydrogen-bond donors (Lipinski definition) is 2. The van der Waals surface area contributed by atoms with Gasteiger partial charge in [0.15, 0.2) is 5.82 Å². The Kier molecular flexibility index (Phi) is 5.13. The molecule has 2 heterocycles. The van der Waals surface area contributed by atoms with Crippen LogP contribution in [0.5, 0.6) is 0 Å². The molecule has 0 saturated carbocycles. The summed E-state index contributed by atoms with van der Waals surface area (Å²) in [6.07, 6.45) is 2.97. The monoisotopic (exact) mass is 339 g/mol. The molecule has 2 aromatic rings. The first kappa shape index (κ1) is 17.5. The molecule has 0 fully saturated rings. The second kappa shape index (κ2) is 6.74. The summed E-state index contributed by atoms with van der Waals surface area (Å²) in [5, 5.41) is 11.2. The summed E-state index contributed by atoms with van der Waals surface area (Å²) >= 11 is 0. The van der Waals surface area contributed by atoms with Gasteiger partial charge in [-0.25, -0.2) is 8.42 Å². The number of aromatic amines is 1. The molecule has 0 spiro atoms. The van der Waals surface area contributed by atoms with E-state index in [0.29, 0.717) is 17.2 Å². The van der Waals surface area contributed by atoms with E-state index < -0.39 is 10.0 Å². The fourth-order valence-electron chi connectivity index (χ4n) is 2.64. The fraction of sp³-hybridized carbons (Fsp3) is 0.600. The molecule has 2 rings (SSSR count). The van der Waals surface area contributed by atoms with Gasteiger partial charge in [-0.15, -0.1) is 0 Å². The third-order valence-corrected chi connectivity index (χ3v) is 5.29. The quantitative estimate of drug-likeness (QED) is 0.811. The number of nitrogens with one attached hydrogen (secondary N) is 2. The van der Waals surface area contributed by atoms with Gasteiger partial charge in [0.25, 0.3) is 10.0 Å². The maximum atomic E-state index is 12.7. The smallest absolute Gasteiger partial charge is 0.266 e. The average molecular weight is 339 g/mol. The number of anilines is 1. The molecule has 0 radical (unpaired) electrons. The second-order valence-corrected chi connectivity index (χ2v) is 7.64. The first-order valence-electron chi connectivity index (χ1n) is 7.89. The summed E-state index contributed by atoms with van der Waals surface area (Å²) < 4.78 is 29.6. The molecule has 23 heavy (non-hydrogen) atoms. The molecule has 0 aliphatic heterocycles. The zero-order valence-corrected chi connectivity index (χ0v) is 15.2. The van der Waals surface area contributed by atoms with Crippen LogP contribution >= 0.6 is 0 Å². The maximum Gasteiger partial charge on any atom is 0.266 e. The van der Waals surface area contributed by atoms with Gasteiger partial charge in [0.1, 0.15) is 4.90 Å². The van der Waals surface area contributed by atoms with E-state index in [1.807, 2.05) is 13.8 Å². The molecule has 0 atom stereocenters. The van der Waals surface area contributed by atoms with E-state index in [1.165, 1.54) is 0 Å². The Bertz CT molecular complexity index is 774. The van der Waals surface area contributed by atoms with Gasteiger partial charge in [0.2, 0.25) is 0 Å². The van der Waals surface area contributed by atoms with Crippen molar-refractivity contribution in [1.82, 2.24) is 20.0 Å². The molecule has 2 aromatic heterocycles. The number of aromatic nitrogens is 4. The van der Waals surface area contributed by atoms with E-state index in [0.717, 1.165) is 25.0 Å². The maximum absolute atomic E-state index is 12.7. The lowest BCUT2D eigenvalue weighted by molar-refractivity contribution is 0.514. The van der Waals surface area contributed by atoms with Crippen molar-refractivity contribution in [2.75, 3.05) is 4.72 Å². The van der Waals surface area contributed by atoms with Crippen LogP contribution in [0.1, 0.15) is 56.7 Å². The Morgan fingerprint density at radius 1 is 1.35 bits per heavy atom. The third kappa shape index (κ3) is 3.74. The first-order chi connectivity index (χ1) is 10.8. The molecule has 0 amide bonds. The third-order valence-electron chi connectivity index (χ3n) is 3.69. The molecular weight excluding hydrogens is 314 g/mol. The number of hydrogen-bond acceptors (Lipinski definition) is 4. The van der Waals surface area contributed by atoms with Gasteiger partial charge in [-0.2, -0.15) is 10.2 Å². The SMILES string of the molecule is CCCCc1cc(NS(=O)(=O)c2c(C)nn(C(C)C)c2C)n[nH]1. The predicted molar refractivity (Wildman–Crippen MR) is 90.1 cm³/mol. The number of unbranched alkanes of at least 4 members (excludes halogenated alkanes) is 1. The first-order valence-corrected chi connectivity index (χ1v) is 9.37. The molecule has 8 heteroatoms. The highest BCUT2D eigenvalue weighted by Crippen LogP contribution is 2.24. The minimum Gasteiger partial charge on any atom is -0.280 e. The van der Waals surface area contributed by atoms with Crippen LogP contribution in [0.25, 0.3) is 0 Å². The van der Waals surface area contributed by atoms with E-state index in [1.54, 1.807) is 24.6 Å². The molecule has 128 valence electrons. The number of H-pyrrole nitrogens is 1. The second-order valence-electron chi connectivity index (χ2n) is 6.03. The van der Waals surface area contributed by atoms with Crippen molar-refractivity contribution >= 4 is 15.8 Å². The lowest BCUT2D eigenvalue weighted by Gasteiger charge is -2.09. The Balaban J connectivity index is 2.27. The summed E-state index contributed by atoms with van der Waals surface area (Å²) in [5.74, 6) is 0.312. The molecule has 0 aliphatic rings. The fourth-order valence-corrected chi connectivity index (χ4v) is 4.03. The Labute approximate surface area is 137 Å². The summed E-state index contributed by atoms with van der Waals surface area (Å²) in [7, 11) is -3.71. The highest BCUT2D eigenvalue weighted by Gasteiger charge is 2.26. The molecule has 0 aromatic carbocycles. The normalized spacial score (nSPS) is 12.1. The number of nitrogens with zero attached hydrogens (tertiary/aromatic N) is 3. The Hall–Kier alpha value is -1.83. The molecule has 0 unspecified atom stereocenters. The van der Waals surface area contributed by atoms with Crippen molar-refractivity contribution in [3.63, 3.8) is 0 Å². The van der Waals surface area contributed by atoms with Crippen molar-refractivity contribution in [2.24, 2.45) is 0 Å². The molecule has 0 bridgehead atoms. The summed E-state index contributed by atoms with van der Waals surface area (Å²) in [4.78, 5) is 0.226. The van der Waals surface area contributed by atoms with Crippen LogP contribution < -0.4 is 4.72 Å². The molecule has 2 N–H and O–H groups in total. The average Bonchev–Trinajstić information content (AvgIpc) is 3.00. The standard InChI is InChI=1S/C15H25N5O2S/c1-6-7-8-13-9-14(17-16-13)19-23(21,22)15-11(4)18-20(10(2)3)12(15)5/h9-10H,6-8H2,1-5H3,(H2,16,17,19). The van der Waals surface area contributed by atoms with Crippen LogP contribution in [0.2, 0.25) is 0 Å². The van der Waals surface area contributed by atoms with Crippen LogP contribution in [0.4, 0.5) is 5.82 Å². The van der Waals surface area contributed by atoms with Gasteiger partial charge >= 0.3 is 0 Å². The van der Waals surface area contributed by atoms with Crippen molar-refractivity contribution in [3.8, 4) is 0 Å². The van der Waals surface area contributed by atoms with E-state index in [-0.39, 0.29) is 10.9 Å². The van der Waals surface area contributed by atoms with Crippen molar-refractivity contribution < 1.29 is 8.42 Å². The predicted octanol–water partition coefficient (Wildman–Crippen LogP) is 2.95. The largest absolute Gasteiger partial charge is 0.280 e. The van der Waals surface area contributed by atoms with Crippen LogP contribution in [0.3, 0.4) is 0 Å². The van der Waals surface area contributed by atoms with Gasteiger partial charge in [-0.3, -0.25) is 14.5 Å². The number of sulfonamides is 1. The highest BCUT2D eigenvalue weighted by atomic mass is 32.2. The van der Waals surface area contributed by atoms with E-state index in [2.05, 4.69) is 26.9 Å². The van der Waals surface area contributed by atoms with Gasteiger partial charge in [0, 0.05) is 17.8 Å². The zero-order valence-electron chi connectivity index (χ0n) is 14.3. The van der Waals surface area contributed by atoms with E-state index in [4.69, 9.17) is 0 Å². The lowest BCUT2D eigenvalue weighted by Crippen LogP contribution is -2.15. The summed E-state index contributed by atoms with van der Waals surface area (Å²) in [6.45, 7) is 9.52. The lowest BCUT2D eigenvalue weighted by atomic mass is 10.2. The van der Waals surface area contributed by atoms with Crippen molar-refractivity contribution in [3.05, 3.63) is 23.1 Å². The van der Waals surface area contributed by atoms with Crippen LogP contribution in [-0.4, -0.2) is 28.4 Å². The van der Waals surface area contributed by atoms with E-state index >= 15 is 0 Å². The molecule has 0 saturated heterocycles. The zero-order chi connectivity index (χ0) is 17.2. The van der Waals surface area contributed by atoms with Crippen molar-refractivity contribution in [2.45, 2.75) is 64.8 Å². The highest BCUT2D eigenvalue weighted by molar-refractivity contribution is 7.92. The number of rotatable bonds is 7. The van der Waals surface area contributed by atoms with Crippen LogP contribution in [-0.2, 0) is 16.4 Å². The van der Waals surface area contributed by atoms with Gasteiger partial charge in [-0.05, 0) is 40.5 Å². The Morgan fingerprint density at radius 3 is 2.61 bits per heavy atom. The Morgan fingerprint density at radius 2 is 2.04 bits per heavy atom. The minimum absolute atomic E-state index is 0.101. The van der Waals surface area contributed by atoms with Crippen LogP contribution in [0, 0.1) is 13.8 Å². The number of aryl methyl sites for hydroxylation is 2. The summed E-state index contributed by atoms with van der Waals surface area (Å²) in [6, 6.07) is 1.84. The molecule has 7 nitrogen and oxygen atoms in total. The molecule has 0 aliphatic carbocycles. The van der Waals surface area contributed by atoms with Gasteiger partial charge < -0.3 is 0 Å². The van der Waals surface area contributed by atoms with E-state index in [9.17, 15) is 8.42 Å². The summed E-state index contributed by atoms with van der Waals surface area (Å²) in [5.41, 5.74) is 2.05. The van der Waals surface area contributed by atoms with Crippen LogP contribution in [0.15, 0.2) is 11.0 Å². The minimum atomic E-state index is -3.71. The van der Waals surface area contributed by atoms with Gasteiger partial charge in [-0.1, -0.05) is 13.3 Å².